The molecule has 3 aliphatic rings. The standard InChI is InChI=1S/C25H26F6N4O2/c1-11(12-4-3-5-13(21(12)26)23(27)28)32-24(37)16-10-35(19-6-17(19)25(29,30)31)20(36)7-18(16)33-22-14-8-34(2)9-15(14)22/h3-5,7,10-11,14-15,17,19,22-23,33H,6,8-9H2,1-2H3,(H,32,37)/t11-,14-,15+,17-,19-,22+/m1/s1. The number of likely N-dealkylation sites (tertiary alicyclic amines) is 1. The van der Waals surface area contributed by atoms with E-state index >= 15 is 0 Å². The second-order valence-electron chi connectivity index (χ2n) is 10.3. The van der Waals surface area contributed by atoms with Gasteiger partial charge in [-0.3, -0.25) is 9.59 Å². The minimum atomic E-state index is -4.47. The van der Waals surface area contributed by atoms with Crippen LogP contribution in [0.4, 0.5) is 32.0 Å². The van der Waals surface area contributed by atoms with Crippen LogP contribution in [0.1, 0.15) is 53.3 Å². The Morgan fingerprint density at radius 3 is 2.38 bits per heavy atom. The first kappa shape index (κ1) is 25.6. The summed E-state index contributed by atoms with van der Waals surface area (Å²) in [6.07, 6.45) is -6.67. The van der Waals surface area contributed by atoms with Crippen LogP contribution >= 0.6 is 0 Å². The van der Waals surface area contributed by atoms with Crippen LogP contribution in [0.3, 0.4) is 0 Å². The van der Waals surface area contributed by atoms with E-state index in [1.54, 1.807) is 0 Å². The monoisotopic (exact) mass is 528 g/mol. The zero-order chi connectivity index (χ0) is 26.8. The van der Waals surface area contributed by atoms with E-state index in [1.165, 1.54) is 19.1 Å². The molecule has 1 saturated heterocycles. The van der Waals surface area contributed by atoms with Gasteiger partial charge >= 0.3 is 6.18 Å². The number of amides is 1. The average molecular weight is 528 g/mol. The Balaban J connectivity index is 1.43. The van der Waals surface area contributed by atoms with Crippen molar-refractivity contribution >= 4 is 11.6 Å². The summed E-state index contributed by atoms with van der Waals surface area (Å²) in [6.45, 7) is 3.09. The number of aromatic nitrogens is 1. The number of fused-ring (bicyclic) bond motifs is 1. The number of alkyl halides is 5. The van der Waals surface area contributed by atoms with E-state index in [9.17, 15) is 35.9 Å². The molecule has 6 nitrogen and oxygen atoms in total. The number of rotatable bonds is 7. The minimum absolute atomic E-state index is 0.0134. The van der Waals surface area contributed by atoms with E-state index in [-0.39, 0.29) is 29.3 Å². The number of benzene rings is 1. The number of piperidine rings is 1. The third kappa shape index (κ3) is 4.83. The van der Waals surface area contributed by atoms with Crippen LogP contribution in [0, 0.1) is 23.6 Å². The van der Waals surface area contributed by atoms with Crippen molar-refractivity contribution in [1.29, 1.82) is 0 Å². The lowest BCUT2D eigenvalue weighted by molar-refractivity contribution is -0.150. The molecule has 6 atom stereocenters. The van der Waals surface area contributed by atoms with Crippen molar-refractivity contribution in [2.75, 3.05) is 25.5 Å². The van der Waals surface area contributed by atoms with E-state index in [1.807, 2.05) is 7.05 Å². The predicted molar refractivity (Wildman–Crippen MR) is 123 cm³/mol. The lowest BCUT2D eigenvalue weighted by Crippen LogP contribution is -2.32. The van der Waals surface area contributed by atoms with Crippen LogP contribution < -0.4 is 16.2 Å². The first-order valence-electron chi connectivity index (χ1n) is 12.0. The van der Waals surface area contributed by atoms with Crippen LogP contribution in [-0.4, -0.2) is 47.7 Å². The van der Waals surface area contributed by atoms with Crippen molar-refractivity contribution in [2.45, 2.75) is 44.1 Å². The molecule has 0 radical (unpaired) electrons. The molecule has 5 rings (SSSR count). The fraction of sp³-hybridized carbons (Fsp3) is 0.520. The Labute approximate surface area is 208 Å². The Hall–Kier alpha value is -3.02. The number of pyridine rings is 1. The van der Waals surface area contributed by atoms with E-state index in [0.717, 1.165) is 36.0 Å². The Morgan fingerprint density at radius 1 is 1.14 bits per heavy atom. The van der Waals surface area contributed by atoms with E-state index < -0.39 is 53.5 Å². The summed E-state index contributed by atoms with van der Waals surface area (Å²) in [5.41, 5.74) is -1.51. The van der Waals surface area contributed by atoms with Gasteiger partial charge in [0.2, 0.25) is 0 Å². The summed E-state index contributed by atoms with van der Waals surface area (Å²) in [5.74, 6) is -2.94. The summed E-state index contributed by atoms with van der Waals surface area (Å²) in [7, 11) is 1.99. The number of hydrogen-bond donors (Lipinski definition) is 2. The average Bonchev–Trinajstić information content (AvgIpc) is 3.69. The van der Waals surface area contributed by atoms with Crippen LogP contribution in [0.15, 0.2) is 35.3 Å². The van der Waals surface area contributed by atoms with E-state index in [4.69, 9.17) is 0 Å². The molecule has 0 spiro atoms. The first-order valence-corrected chi connectivity index (χ1v) is 12.0. The van der Waals surface area contributed by atoms with Crippen LogP contribution in [-0.2, 0) is 0 Å². The molecule has 2 N–H and O–H groups in total. The molecule has 1 aliphatic heterocycles. The summed E-state index contributed by atoms with van der Waals surface area (Å²) >= 11 is 0. The second-order valence-corrected chi connectivity index (χ2v) is 10.3. The fourth-order valence-electron chi connectivity index (χ4n) is 5.50. The molecule has 0 unspecified atom stereocenters. The van der Waals surface area contributed by atoms with Gasteiger partial charge in [0, 0.05) is 43.0 Å². The van der Waals surface area contributed by atoms with Crippen LogP contribution in [0.25, 0.3) is 0 Å². The molecule has 2 aliphatic carbocycles. The van der Waals surface area contributed by atoms with Gasteiger partial charge in [-0.25, -0.2) is 13.2 Å². The number of nitrogens with zero attached hydrogens (tertiary/aromatic N) is 2. The molecule has 1 aromatic carbocycles. The summed E-state index contributed by atoms with van der Waals surface area (Å²) in [4.78, 5) is 28.2. The molecule has 2 heterocycles. The third-order valence-corrected chi connectivity index (χ3v) is 7.67. The molecule has 12 heteroatoms. The number of halogens is 6. The summed E-state index contributed by atoms with van der Waals surface area (Å²) in [5, 5.41) is 5.76. The molecule has 3 fully saturated rings. The maximum absolute atomic E-state index is 14.6. The third-order valence-electron chi connectivity index (χ3n) is 7.67. The fourth-order valence-corrected chi connectivity index (χ4v) is 5.50. The molecular weight excluding hydrogens is 502 g/mol. The highest BCUT2D eigenvalue weighted by atomic mass is 19.4. The van der Waals surface area contributed by atoms with Crippen molar-refractivity contribution in [1.82, 2.24) is 14.8 Å². The van der Waals surface area contributed by atoms with Gasteiger partial charge in [-0.2, -0.15) is 13.2 Å². The van der Waals surface area contributed by atoms with E-state index in [2.05, 4.69) is 15.5 Å². The smallest absolute Gasteiger partial charge is 0.381 e. The Morgan fingerprint density at radius 2 is 1.78 bits per heavy atom. The van der Waals surface area contributed by atoms with Gasteiger partial charge in [0.25, 0.3) is 17.9 Å². The zero-order valence-corrected chi connectivity index (χ0v) is 20.0. The minimum Gasteiger partial charge on any atom is -0.381 e. The number of hydrogen-bond acceptors (Lipinski definition) is 4. The normalized spacial score (nSPS) is 27.6. The molecule has 2 aromatic rings. The van der Waals surface area contributed by atoms with Crippen molar-refractivity contribution < 1.29 is 31.1 Å². The molecule has 0 bridgehead atoms. The summed E-state index contributed by atoms with van der Waals surface area (Å²) in [6, 6.07) is 2.47. The Bertz CT molecular complexity index is 1270. The molecule has 200 valence electrons. The van der Waals surface area contributed by atoms with Gasteiger partial charge in [-0.05, 0) is 32.2 Å². The largest absolute Gasteiger partial charge is 0.393 e. The quantitative estimate of drug-likeness (QED) is 0.519. The van der Waals surface area contributed by atoms with Gasteiger partial charge in [0.15, 0.2) is 0 Å². The van der Waals surface area contributed by atoms with Gasteiger partial charge in [0.1, 0.15) is 5.82 Å². The second kappa shape index (κ2) is 9.07. The number of carbonyl (C=O) groups excluding carboxylic acids is 1. The molecule has 2 saturated carbocycles. The van der Waals surface area contributed by atoms with Crippen molar-refractivity contribution in [3.63, 3.8) is 0 Å². The van der Waals surface area contributed by atoms with Crippen molar-refractivity contribution in [3.8, 4) is 0 Å². The van der Waals surface area contributed by atoms with Gasteiger partial charge < -0.3 is 20.1 Å². The van der Waals surface area contributed by atoms with Gasteiger partial charge in [-0.15, -0.1) is 0 Å². The lowest BCUT2D eigenvalue weighted by Gasteiger charge is -2.20. The maximum atomic E-state index is 14.6. The van der Waals surface area contributed by atoms with Gasteiger partial charge in [-0.1, -0.05) is 18.2 Å². The Kier molecular flexibility index (Phi) is 6.28. The van der Waals surface area contributed by atoms with Crippen molar-refractivity contribution in [2.24, 2.45) is 17.8 Å². The maximum Gasteiger partial charge on any atom is 0.393 e. The SMILES string of the molecule is C[C@@H](NC(=O)c1cn([C@@H]2C[C@H]2C(F)(F)F)c(=O)cc1N[C@H]1[C@@H]2CN(C)C[C@@H]21)c1cccc(C(F)F)c1F. The predicted octanol–water partition coefficient (Wildman–Crippen LogP) is 4.51. The molecular formula is C25H26F6N4O2. The van der Waals surface area contributed by atoms with E-state index in [0.29, 0.717) is 11.8 Å². The number of anilines is 1. The molecule has 37 heavy (non-hydrogen) atoms. The van der Waals surface area contributed by atoms with Gasteiger partial charge in [0.05, 0.1) is 28.8 Å². The first-order chi connectivity index (χ1) is 17.4. The number of carbonyl (C=O) groups is 1. The highest BCUT2D eigenvalue weighted by Crippen LogP contribution is 2.53. The van der Waals surface area contributed by atoms with Crippen LogP contribution in [0.2, 0.25) is 0 Å². The van der Waals surface area contributed by atoms with Crippen molar-refractivity contribution in [3.05, 3.63) is 63.3 Å². The summed E-state index contributed by atoms with van der Waals surface area (Å²) < 4.78 is 81.3. The molecule has 1 amide bonds. The van der Waals surface area contributed by atoms with Crippen LogP contribution in [0.5, 0.6) is 0 Å². The zero-order valence-electron chi connectivity index (χ0n) is 20.0. The topological polar surface area (TPSA) is 66.4 Å². The highest BCUT2D eigenvalue weighted by molar-refractivity contribution is 5.99. The molecule has 1 aromatic heterocycles. The number of nitrogens with one attached hydrogen (secondary N) is 2. The lowest BCUT2D eigenvalue weighted by atomic mass is 10.0. The highest BCUT2D eigenvalue weighted by Gasteiger charge is 2.57.